The summed E-state index contributed by atoms with van der Waals surface area (Å²) >= 11 is 4.30. The molecule has 1 fully saturated rings. The lowest BCUT2D eigenvalue weighted by atomic mass is 10.1. The van der Waals surface area contributed by atoms with E-state index < -0.39 is 0 Å². The van der Waals surface area contributed by atoms with E-state index in [0.717, 1.165) is 34.5 Å². The van der Waals surface area contributed by atoms with E-state index in [2.05, 4.69) is 28.0 Å². The third-order valence-electron chi connectivity index (χ3n) is 3.72. The molecule has 0 unspecified atom stereocenters. The first kappa shape index (κ1) is 16.5. The SMILES string of the molecule is CC.O=C(Nc1nc2c(-c3ccc(S)cc3)cccn2n1)C1CC1. The molecular weight excluding hydrogens is 320 g/mol. The molecule has 0 bridgehead atoms. The summed E-state index contributed by atoms with van der Waals surface area (Å²) in [5.41, 5.74) is 2.73. The number of carbonyl (C=O) groups excluding carboxylic acids is 1. The first-order valence-corrected chi connectivity index (χ1v) is 8.61. The van der Waals surface area contributed by atoms with Crippen LogP contribution in [-0.4, -0.2) is 20.5 Å². The van der Waals surface area contributed by atoms with Crippen molar-refractivity contribution >= 4 is 30.1 Å². The minimum Gasteiger partial charge on any atom is -0.293 e. The van der Waals surface area contributed by atoms with Crippen molar-refractivity contribution < 1.29 is 4.79 Å². The summed E-state index contributed by atoms with van der Waals surface area (Å²) in [7, 11) is 0. The Bertz CT molecular complexity index is 853. The highest BCUT2D eigenvalue weighted by Gasteiger charge is 2.30. The number of thiol groups is 1. The molecule has 1 N–H and O–H groups in total. The van der Waals surface area contributed by atoms with E-state index in [0.29, 0.717) is 5.95 Å². The van der Waals surface area contributed by atoms with Crippen molar-refractivity contribution in [3.63, 3.8) is 0 Å². The lowest BCUT2D eigenvalue weighted by molar-refractivity contribution is -0.117. The molecule has 1 aromatic carbocycles. The quantitative estimate of drug-likeness (QED) is 0.707. The van der Waals surface area contributed by atoms with Gasteiger partial charge in [-0.25, -0.2) is 4.52 Å². The maximum Gasteiger partial charge on any atom is 0.249 e. The highest BCUT2D eigenvalue weighted by atomic mass is 32.1. The van der Waals surface area contributed by atoms with Gasteiger partial charge < -0.3 is 0 Å². The second-order valence-electron chi connectivity index (χ2n) is 5.44. The second kappa shape index (κ2) is 7.05. The lowest BCUT2D eigenvalue weighted by Gasteiger charge is -2.02. The van der Waals surface area contributed by atoms with Gasteiger partial charge in [-0.3, -0.25) is 10.1 Å². The van der Waals surface area contributed by atoms with Crippen LogP contribution in [-0.2, 0) is 4.79 Å². The average molecular weight is 340 g/mol. The van der Waals surface area contributed by atoms with Gasteiger partial charge in [0.1, 0.15) is 0 Å². The van der Waals surface area contributed by atoms with Crippen LogP contribution in [0.5, 0.6) is 0 Å². The average Bonchev–Trinajstić information content (AvgIpc) is 3.37. The van der Waals surface area contributed by atoms with E-state index in [9.17, 15) is 4.79 Å². The Morgan fingerprint density at radius 3 is 2.58 bits per heavy atom. The summed E-state index contributed by atoms with van der Waals surface area (Å²) in [5, 5.41) is 7.11. The van der Waals surface area contributed by atoms with Gasteiger partial charge in [-0.05, 0) is 42.7 Å². The fraction of sp³-hybridized carbons (Fsp3) is 0.278. The molecule has 0 spiro atoms. The fourth-order valence-electron chi connectivity index (χ4n) is 2.38. The van der Waals surface area contributed by atoms with Gasteiger partial charge in [0.2, 0.25) is 11.9 Å². The first-order chi connectivity index (χ1) is 11.7. The predicted octanol–water partition coefficient (Wildman–Crippen LogP) is 4.06. The smallest absolute Gasteiger partial charge is 0.249 e. The van der Waals surface area contributed by atoms with E-state index in [1.807, 2.05) is 56.4 Å². The maximum absolute atomic E-state index is 11.8. The van der Waals surface area contributed by atoms with Gasteiger partial charge in [0, 0.05) is 22.6 Å². The largest absolute Gasteiger partial charge is 0.293 e. The minimum atomic E-state index is 0.0110. The van der Waals surface area contributed by atoms with E-state index in [1.54, 1.807) is 4.52 Å². The zero-order valence-electron chi connectivity index (χ0n) is 13.7. The molecular formula is C18H20N4OS. The molecule has 1 aliphatic carbocycles. The van der Waals surface area contributed by atoms with Gasteiger partial charge in [0.05, 0.1) is 0 Å². The zero-order chi connectivity index (χ0) is 17.1. The number of carbonyl (C=O) groups is 1. The molecule has 0 atom stereocenters. The Balaban J connectivity index is 0.000000815. The molecule has 0 radical (unpaired) electrons. The van der Waals surface area contributed by atoms with Crippen LogP contribution in [0.25, 0.3) is 16.8 Å². The van der Waals surface area contributed by atoms with E-state index >= 15 is 0 Å². The van der Waals surface area contributed by atoms with Gasteiger partial charge in [-0.15, -0.1) is 17.7 Å². The lowest BCUT2D eigenvalue weighted by Crippen LogP contribution is -2.14. The molecule has 1 amide bonds. The van der Waals surface area contributed by atoms with Crippen LogP contribution in [0, 0.1) is 5.92 Å². The van der Waals surface area contributed by atoms with Crippen LogP contribution in [0.15, 0.2) is 47.5 Å². The normalized spacial score (nSPS) is 13.3. The summed E-state index contributed by atoms with van der Waals surface area (Å²) in [6.45, 7) is 4.00. The van der Waals surface area contributed by atoms with Crippen LogP contribution in [0.4, 0.5) is 5.95 Å². The van der Waals surface area contributed by atoms with Crippen molar-refractivity contribution in [1.82, 2.24) is 14.6 Å². The summed E-state index contributed by atoms with van der Waals surface area (Å²) in [6.07, 6.45) is 3.74. The molecule has 0 saturated heterocycles. The van der Waals surface area contributed by atoms with Gasteiger partial charge in [-0.1, -0.05) is 26.0 Å². The zero-order valence-corrected chi connectivity index (χ0v) is 14.6. The Labute approximate surface area is 146 Å². The van der Waals surface area contributed by atoms with Crippen molar-refractivity contribution in [3.05, 3.63) is 42.6 Å². The molecule has 2 aromatic heterocycles. The number of rotatable bonds is 3. The Kier molecular flexibility index (Phi) is 4.85. The standard InChI is InChI=1S/C16H14N4OS.C2H6/c21-15(11-3-4-11)18-16-17-14-13(2-1-9-20(14)19-16)10-5-7-12(22)8-6-10;1-2/h1-2,5-9,11,22H,3-4H2,(H,18,19,21);1-2H3. The molecule has 4 rings (SSSR count). The van der Waals surface area contributed by atoms with Gasteiger partial charge in [0.15, 0.2) is 5.65 Å². The highest BCUT2D eigenvalue weighted by Crippen LogP contribution is 2.30. The maximum atomic E-state index is 11.8. The second-order valence-corrected chi connectivity index (χ2v) is 5.95. The molecule has 24 heavy (non-hydrogen) atoms. The number of hydrogen-bond acceptors (Lipinski definition) is 4. The number of pyridine rings is 1. The summed E-state index contributed by atoms with van der Waals surface area (Å²) in [4.78, 5) is 17.2. The number of aromatic nitrogens is 3. The summed E-state index contributed by atoms with van der Waals surface area (Å²) in [6, 6.07) is 11.8. The van der Waals surface area contributed by atoms with Crippen LogP contribution < -0.4 is 5.32 Å². The molecule has 3 aromatic rings. The molecule has 5 nitrogen and oxygen atoms in total. The van der Waals surface area contributed by atoms with Crippen molar-refractivity contribution in [3.8, 4) is 11.1 Å². The number of nitrogens with zero attached hydrogens (tertiary/aromatic N) is 3. The molecule has 1 aliphatic rings. The fourth-order valence-corrected chi connectivity index (χ4v) is 2.53. The van der Waals surface area contributed by atoms with E-state index in [1.165, 1.54) is 0 Å². The number of hydrogen-bond donors (Lipinski definition) is 2. The van der Waals surface area contributed by atoms with Crippen LogP contribution in [0.1, 0.15) is 26.7 Å². The van der Waals surface area contributed by atoms with Crippen LogP contribution in [0.3, 0.4) is 0 Å². The third-order valence-corrected chi connectivity index (χ3v) is 4.02. The molecule has 1 saturated carbocycles. The number of amides is 1. The summed E-state index contributed by atoms with van der Waals surface area (Å²) in [5.74, 6) is 0.501. The van der Waals surface area contributed by atoms with Crippen molar-refractivity contribution in [2.24, 2.45) is 5.92 Å². The van der Waals surface area contributed by atoms with E-state index in [4.69, 9.17) is 0 Å². The molecule has 124 valence electrons. The van der Waals surface area contributed by atoms with E-state index in [-0.39, 0.29) is 11.8 Å². The minimum absolute atomic E-state index is 0.0110. The molecule has 0 aliphatic heterocycles. The molecule has 6 heteroatoms. The predicted molar refractivity (Wildman–Crippen MR) is 98.4 cm³/mol. The number of benzene rings is 1. The Morgan fingerprint density at radius 1 is 1.21 bits per heavy atom. The van der Waals surface area contributed by atoms with Crippen molar-refractivity contribution in [2.75, 3.05) is 5.32 Å². The Hall–Kier alpha value is -2.34. The summed E-state index contributed by atoms with van der Waals surface area (Å²) < 4.78 is 1.69. The van der Waals surface area contributed by atoms with Gasteiger partial charge in [0.25, 0.3) is 0 Å². The third kappa shape index (κ3) is 3.43. The number of fused-ring (bicyclic) bond motifs is 1. The van der Waals surface area contributed by atoms with Gasteiger partial charge >= 0.3 is 0 Å². The first-order valence-electron chi connectivity index (χ1n) is 8.16. The van der Waals surface area contributed by atoms with Crippen LogP contribution >= 0.6 is 12.6 Å². The molecule has 2 heterocycles. The number of nitrogens with one attached hydrogen (secondary N) is 1. The Morgan fingerprint density at radius 2 is 1.92 bits per heavy atom. The van der Waals surface area contributed by atoms with Crippen LogP contribution in [0.2, 0.25) is 0 Å². The number of anilines is 1. The van der Waals surface area contributed by atoms with Crippen molar-refractivity contribution in [1.29, 1.82) is 0 Å². The van der Waals surface area contributed by atoms with Gasteiger partial charge in [-0.2, -0.15) is 4.98 Å². The highest BCUT2D eigenvalue weighted by molar-refractivity contribution is 7.80. The topological polar surface area (TPSA) is 59.3 Å². The monoisotopic (exact) mass is 340 g/mol. The van der Waals surface area contributed by atoms with Crippen molar-refractivity contribution in [2.45, 2.75) is 31.6 Å².